The van der Waals surface area contributed by atoms with Crippen LogP contribution in [0.5, 0.6) is 0 Å². The Morgan fingerprint density at radius 2 is 2.21 bits per heavy atom. The van der Waals surface area contributed by atoms with Gasteiger partial charge in [-0.2, -0.15) is 0 Å². The molecule has 3 nitrogen and oxygen atoms in total. The molecule has 0 heterocycles. The molecule has 0 N–H and O–H groups in total. The largest absolute Gasteiger partial charge is 0.465 e. The molecule has 0 bridgehead atoms. The zero-order chi connectivity index (χ0) is 11.2. The summed E-state index contributed by atoms with van der Waals surface area (Å²) in [4.78, 5) is 11.6. The molecular formula is C11H20O3. The molecule has 3 heteroatoms. The number of hydrogen-bond acceptors (Lipinski definition) is 3. The van der Waals surface area contributed by atoms with E-state index in [1.165, 1.54) is 0 Å². The third kappa shape index (κ3) is 3.50. The van der Waals surface area contributed by atoms with E-state index in [1.54, 1.807) is 20.1 Å². The molecule has 2 atom stereocenters. The van der Waals surface area contributed by atoms with E-state index in [2.05, 4.69) is 6.58 Å². The molecule has 0 saturated heterocycles. The molecule has 0 aromatic carbocycles. The number of ether oxygens (including phenoxy) is 2. The van der Waals surface area contributed by atoms with Crippen LogP contribution in [0.4, 0.5) is 0 Å². The van der Waals surface area contributed by atoms with Crippen molar-refractivity contribution in [1.82, 2.24) is 0 Å². The smallest absolute Gasteiger partial charge is 0.315 e. The maximum atomic E-state index is 11.6. The lowest BCUT2D eigenvalue weighted by Gasteiger charge is -2.25. The van der Waals surface area contributed by atoms with Gasteiger partial charge in [-0.3, -0.25) is 4.79 Å². The van der Waals surface area contributed by atoms with E-state index in [4.69, 9.17) is 9.47 Å². The lowest BCUT2D eigenvalue weighted by Crippen LogP contribution is -2.31. The third-order valence-electron chi connectivity index (χ3n) is 2.31. The summed E-state index contributed by atoms with van der Waals surface area (Å²) in [5.41, 5.74) is -0.647. The topological polar surface area (TPSA) is 35.5 Å². The molecule has 0 amide bonds. The number of rotatable bonds is 6. The van der Waals surface area contributed by atoms with Crippen LogP contribution in [-0.4, -0.2) is 25.8 Å². The predicted molar refractivity (Wildman–Crippen MR) is 56.0 cm³/mol. The van der Waals surface area contributed by atoms with Gasteiger partial charge in [-0.05, 0) is 27.2 Å². The highest BCUT2D eigenvalue weighted by molar-refractivity contribution is 5.78. The van der Waals surface area contributed by atoms with Crippen molar-refractivity contribution in [2.45, 2.75) is 33.3 Å². The summed E-state index contributed by atoms with van der Waals surface area (Å²) in [6.07, 6.45) is 2.23. The minimum Gasteiger partial charge on any atom is -0.465 e. The summed E-state index contributed by atoms with van der Waals surface area (Å²) in [6, 6.07) is 0. The predicted octanol–water partition coefficient (Wildman–Crippen LogP) is 2.17. The Balaban J connectivity index is 4.45. The summed E-state index contributed by atoms with van der Waals surface area (Å²) >= 11 is 0. The first-order valence-electron chi connectivity index (χ1n) is 4.83. The molecule has 0 aromatic rings. The highest BCUT2D eigenvalue weighted by Crippen LogP contribution is 2.27. The Bertz CT molecular complexity index is 201. The van der Waals surface area contributed by atoms with E-state index in [9.17, 15) is 4.79 Å². The van der Waals surface area contributed by atoms with Crippen molar-refractivity contribution in [2.24, 2.45) is 5.41 Å². The summed E-state index contributed by atoms with van der Waals surface area (Å²) in [5.74, 6) is -0.237. The van der Waals surface area contributed by atoms with Crippen LogP contribution in [0.25, 0.3) is 0 Å². The van der Waals surface area contributed by atoms with Gasteiger partial charge in [-0.25, -0.2) is 0 Å². The van der Waals surface area contributed by atoms with Gasteiger partial charge in [0.2, 0.25) is 0 Å². The van der Waals surface area contributed by atoms with Crippen molar-refractivity contribution in [1.29, 1.82) is 0 Å². The Hall–Kier alpha value is -0.830. The highest BCUT2D eigenvalue weighted by Gasteiger charge is 2.33. The van der Waals surface area contributed by atoms with Crippen molar-refractivity contribution in [3.8, 4) is 0 Å². The molecule has 14 heavy (non-hydrogen) atoms. The van der Waals surface area contributed by atoms with Crippen LogP contribution in [-0.2, 0) is 14.3 Å². The standard InChI is InChI=1S/C11H20O3/c1-6-11(4,8-9(3)13-5)10(12)14-7-2/h6,9H,1,7-8H2,2-5H3. The summed E-state index contributed by atoms with van der Waals surface area (Å²) in [6.45, 7) is 9.58. The van der Waals surface area contributed by atoms with Gasteiger partial charge in [0, 0.05) is 7.11 Å². The Kier molecular flexibility index (Phi) is 5.46. The van der Waals surface area contributed by atoms with Crippen molar-refractivity contribution in [3.05, 3.63) is 12.7 Å². The average Bonchev–Trinajstić information content (AvgIpc) is 2.17. The summed E-state index contributed by atoms with van der Waals surface area (Å²) in [7, 11) is 1.62. The van der Waals surface area contributed by atoms with E-state index in [0.717, 1.165) is 0 Å². The Morgan fingerprint density at radius 3 is 2.57 bits per heavy atom. The van der Waals surface area contributed by atoms with Gasteiger partial charge in [0.15, 0.2) is 0 Å². The van der Waals surface area contributed by atoms with Gasteiger partial charge in [-0.1, -0.05) is 6.08 Å². The fraction of sp³-hybridized carbons (Fsp3) is 0.727. The second-order valence-corrected chi connectivity index (χ2v) is 3.59. The number of carbonyl (C=O) groups is 1. The molecule has 0 aliphatic heterocycles. The number of esters is 1. The highest BCUT2D eigenvalue weighted by atomic mass is 16.5. The quantitative estimate of drug-likeness (QED) is 0.487. The fourth-order valence-electron chi connectivity index (χ4n) is 1.23. The van der Waals surface area contributed by atoms with Gasteiger partial charge in [0.05, 0.1) is 18.1 Å². The first-order chi connectivity index (χ1) is 6.50. The van der Waals surface area contributed by atoms with Gasteiger partial charge < -0.3 is 9.47 Å². The lowest BCUT2D eigenvalue weighted by molar-refractivity contribution is -0.153. The van der Waals surface area contributed by atoms with E-state index >= 15 is 0 Å². The monoisotopic (exact) mass is 200 g/mol. The van der Waals surface area contributed by atoms with Crippen molar-refractivity contribution in [3.63, 3.8) is 0 Å². The number of hydrogen-bond donors (Lipinski definition) is 0. The molecule has 0 fully saturated rings. The first-order valence-corrected chi connectivity index (χ1v) is 4.83. The van der Waals surface area contributed by atoms with Crippen LogP contribution in [0.2, 0.25) is 0 Å². The van der Waals surface area contributed by atoms with Gasteiger partial charge in [0.1, 0.15) is 0 Å². The van der Waals surface area contributed by atoms with Crippen LogP contribution in [0.1, 0.15) is 27.2 Å². The Labute approximate surface area is 86.1 Å². The van der Waals surface area contributed by atoms with Crippen LogP contribution in [0.15, 0.2) is 12.7 Å². The molecule has 2 unspecified atom stereocenters. The zero-order valence-electron chi connectivity index (χ0n) is 9.50. The maximum absolute atomic E-state index is 11.6. The van der Waals surface area contributed by atoms with Crippen molar-refractivity contribution >= 4 is 5.97 Å². The zero-order valence-corrected chi connectivity index (χ0v) is 9.50. The van der Waals surface area contributed by atoms with Gasteiger partial charge >= 0.3 is 5.97 Å². The van der Waals surface area contributed by atoms with E-state index < -0.39 is 5.41 Å². The molecule has 0 radical (unpaired) electrons. The molecule has 0 aliphatic carbocycles. The van der Waals surface area contributed by atoms with Crippen molar-refractivity contribution in [2.75, 3.05) is 13.7 Å². The lowest BCUT2D eigenvalue weighted by atomic mass is 9.85. The SMILES string of the molecule is C=CC(C)(CC(C)OC)C(=O)OCC. The maximum Gasteiger partial charge on any atom is 0.315 e. The number of methoxy groups -OCH3 is 1. The molecule has 0 rings (SSSR count). The van der Waals surface area contributed by atoms with E-state index in [0.29, 0.717) is 13.0 Å². The third-order valence-corrected chi connectivity index (χ3v) is 2.31. The van der Waals surface area contributed by atoms with Crippen LogP contribution in [0.3, 0.4) is 0 Å². The van der Waals surface area contributed by atoms with E-state index in [1.807, 2.05) is 13.8 Å². The molecule has 0 saturated carbocycles. The molecule has 0 spiro atoms. The first kappa shape index (κ1) is 13.2. The normalized spacial score (nSPS) is 16.9. The van der Waals surface area contributed by atoms with Crippen molar-refractivity contribution < 1.29 is 14.3 Å². The van der Waals surface area contributed by atoms with E-state index in [-0.39, 0.29) is 12.1 Å². The molecule has 0 aromatic heterocycles. The average molecular weight is 200 g/mol. The fourth-order valence-corrected chi connectivity index (χ4v) is 1.23. The summed E-state index contributed by atoms with van der Waals surface area (Å²) < 4.78 is 10.1. The Morgan fingerprint density at radius 1 is 1.64 bits per heavy atom. The van der Waals surface area contributed by atoms with Crippen LogP contribution >= 0.6 is 0 Å². The minimum atomic E-state index is -0.647. The van der Waals surface area contributed by atoms with Crippen LogP contribution < -0.4 is 0 Å². The second-order valence-electron chi connectivity index (χ2n) is 3.59. The summed E-state index contributed by atoms with van der Waals surface area (Å²) in [5, 5.41) is 0. The van der Waals surface area contributed by atoms with Gasteiger partial charge in [0.25, 0.3) is 0 Å². The second kappa shape index (κ2) is 5.81. The number of carbonyl (C=O) groups excluding carboxylic acids is 1. The van der Waals surface area contributed by atoms with Crippen LogP contribution in [0, 0.1) is 5.41 Å². The van der Waals surface area contributed by atoms with Gasteiger partial charge in [-0.15, -0.1) is 6.58 Å². The molecule has 82 valence electrons. The minimum absolute atomic E-state index is 0.0161. The molecular weight excluding hydrogens is 180 g/mol. The molecule has 0 aliphatic rings.